The number of anilines is 1. The van der Waals surface area contributed by atoms with Gasteiger partial charge in [-0.05, 0) is 44.2 Å². The highest BCUT2D eigenvalue weighted by atomic mass is 35.5. The quantitative estimate of drug-likeness (QED) is 0.420. The molecule has 0 radical (unpaired) electrons. The average Bonchev–Trinajstić information content (AvgIpc) is 3.17. The Morgan fingerprint density at radius 3 is 2.76 bits per heavy atom. The molecule has 2 aromatic rings. The Kier molecular flexibility index (Phi) is 6.56. The van der Waals surface area contributed by atoms with Gasteiger partial charge in [0.1, 0.15) is 0 Å². The van der Waals surface area contributed by atoms with Gasteiger partial charge >= 0.3 is 5.97 Å². The number of benzene rings is 2. The van der Waals surface area contributed by atoms with Gasteiger partial charge in [0, 0.05) is 5.56 Å². The van der Waals surface area contributed by atoms with E-state index in [-0.39, 0.29) is 6.79 Å². The van der Waals surface area contributed by atoms with E-state index in [2.05, 4.69) is 10.5 Å². The fourth-order valence-corrected chi connectivity index (χ4v) is 2.62. The van der Waals surface area contributed by atoms with Crippen molar-refractivity contribution in [1.82, 2.24) is 0 Å². The van der Waals surface area contributed by atoms with Gasteiger partial charge in [-0.15, -0.1) is 0 Å². The minimum absolute atomic E-state index is 0.180. The standard InChI is InChI=1S/C20H19ClN2O6/c1-12(14-7-8-17-18(9-14)27-11-26-17)23-28-10-19(24)29-13(2)20(25)22-16-6-4-3-5-15(16)21/h3-9,13H,10-11H2,1-2H3,(H,22,25)/b23-12+. The van der Waals surface area contributed by atoms with Crippen LogP contribution in [-0.2, 0) is 19.2 Å². The van der Waals surface area contributed by atoms with Crippen molar-refractivity contribution in [2.24, 2.45) is 5.16 Å². The maximum Gasteiger partial charge on any atom is 0.347 e. The number of halogens is 1. The van der Waals surface area contributed by atoms with E-state index in [1.54, 1.807) is 49.4 Å². The number of carbonyl (C=O) groups excluding carboxylic acids is 2. The largest absolute Gasteiger partial charge is 0.454 e. The average molecular weight is 419 g/mol. The van der Waals surface area contributed by atoms with E-state index in [1.165, 1.54) is 6.92 Å². The van der Waals surface area contributed by atoms with Gasteiger partial charge in [-0.3, -0.25) is 4.79 Å². The molecule has 1 atom stereocenters. The van der Waals surface area contributed by atoms with Crippen LogP contribution in [0.4, 0.5) is 5.69 Å². The molecule has 0 saturated carbocycles. The van der Waals surface area contributed by atoms with Crippen LogP contribution >= 0.6 is 11.6 Å². The van der Waals surface area contributed by atoms with Crippen molar-refractivity contribution in [2.75, 3.05) is 18.7 Å². The molecule has 1 heterocycles. The van der Waals surface area contributed by atoms with Gasteiger partial charge in [0.25, 0.3) is 5.91 Å². The van der Waals surface area contributed by atoms with E-state index in [4.69, 9.17) is 30.6 Å². The summed E-state index contributed by atoms with van der Waals surface area (Å²) in [6, 6.07) is 12.1. The summed E-state index contributed by atoms with van der Waals surface area (Å²) in [5, 5.41) is 6.87. The lowest BCUT2D eigenvalue weighted by atomic mass is 10.1. The predicted molar refractivity (Wildman–Crippen MR) is 106 cm³/mol. The van der Waals surface area contributed by atoms with Gasteiger partial charge in [-0.25, -0.2) is 4.79 Å². The Morgan fingerprint density at radius 1 is 1.21 bits per heavy atom. The van der Waals surface area contributed by atoms with Crippen molar-refractivity contribution in [1.29, 1.82) is 0 Å². The molecule has 0 fully saturated rings. The minimum atomic E-state index is -1.03. The van der Waals surface area contributed by atoms with Crippen molar-refractivity contribution in [3.63, 3.8) is 0 Å². The highest BCUT2D eigenvalue weighted by Gasteiger charge is 2.19. The van der Waals surface area contributed by atoms with Crippen molar-refractivity contribution in [2.45, 2.75) is 20.0 Å². The molecule has 1 unspecified atom stereocenters. The van der Waals surface area contributed by atoms with E-state index in [9.17, 15) is 9.59 Å². The van der Waals surface area contributed by atoms with Crippen LogP contribution in [0.15, 0.2) is 47.6 Å². The van der Waals surface area contributed by atoms with Crippen molar-refractivity contribution in [3.8, 4) is 11.5 Å². The molecule has 0 aromatic heterocycles. The molecule has 29 heavy (non-hydrogen) atoms. The number of nitrogens with one attached hydrogen (secondary N) is 1. The van der Waals surface area contributed by atoms with Gasteiger partial charge in [-0.2, -0.15) is 0 Å². The maximum atomic E-state index is 12.1. The number of esters is 1. The number of nitrogens with zero attached hydrogens (tertiary/aromatic N) is 1. The number of rotatable bonds is 7. The van der Waals surface area contributed by atoms with Gasteiger partial charge in [0.05, 0.1) is 16.4 Å². The third kappa shape index (κ3) is 5.39. The van der Waals surface area contributed by atoms with Gasteiger partial charge < -0.3 is 24.4 Å². The number of para-hydroxylation sites is 1. The Balaban J connectivity index is 1.47. The van der Waals surface area contributed by atoms with E-state index < -0.39 is 24.6 Å². The maximum absolute atomic E-state index is 12.1. The molecule has 1 aliphatic heterocycles. The molecule has 0 bridgehead atoms. The van der Waals surface area contributed by atoms with Crippen LogP contribution in [0.3, 0.4) is 0 Å². The summed E-state index contributed by atoms with van der Waals surface area (Å²) in [5.41, 5.74) is 1.73. The minimum Gasteiger partial charge on any atom is -0.454 e. The molecule has 2 aromatic carbocycles. The smallest absolute Gasteiger partial charge is 0.347 e. The van der Waals surface area contributed by atoms with Crippen molar-refractivity contribution < 1.29 is 28.6 Å². The van der Waals surface area contributed by atoms with Gasteiger partial charge in [-0.1, -0.05) is 28.9 Å². The van der Waals surface area contributed by atoms with Crippen LogP contribution in [0.5, 0.6) is 11.5 Å². The second kappa shape index (κ2) is 9.29. The van der Waals surface area contributed by atoms with Crippen molar-refractivity contribution >= 4 is 34.9 Å². The number of hydrogen-bond donors (Lipinski definition) is 1. The molecule has 3 rings (SSSR count). The Labute approximate surface area is 172 Å². The van der Waals surface area contributed by atoms with Crippen molar-refractivity contribution in [3.05, 3.63) is 53.1 Å². The molecule has 0 aliphatic carbocycles. The number of hydrogen-bond acceptors (Lipinski definition) is 7. The summed E-state index contributed by atoms with van der Waals surface area (Å²) in [6.07, 6.45) is -1.03. The molecule has 0 spiro atoms. The number of fused-ring (bicyclic) bond motifs is 1. The lowest BCUT2D eigenvalue weighted by Gasteiger charge is -2.13. The molecular formula is C20H19ClN2O6. The Hall–Kier alpha value is -3.26. The number of oxime groups is 1. The Morgan fingerprint density at radius 2 is 1.97 bits per heavy atom. The van der Waals surface area contributed by atoms with Crippen LogP contribution in [0.25, 0.3) is 0 Å². The third-order valence-electron chi connectivity index (χ3n) is 3.98. The fraction of sp³-hybridized carbons (Fsp3) is 0.250. The van der Waals surface area contributed by atoms with Crippen LogP contribution in [0.2, 0.25) is 5.02 Å². The first kappa shape index (κ1) is 20.5. The normalized spacial score (nSPS) is 13.6. The zero-order chi connectivity index (χ0) is 20.8. The monoisotopic (exact) mass is 418 g/mol. The molecule has 152 valence electrons. The van der Waals surface area contributed by atoms with Gasteiger partial charge in [0.2, 0.25) is 13.4 Å². The van der Waals surface area contributed by atoms with Crippen LogP contribution in [-0.4, -0.2) is 37.1 Å². The highest BCUT2D eigenvalue weighted by Crippen LogP contribution is 2.32. The first-order valence-electron chi connectivity index (χ1n) is 8.75. The molecule has 1 aliphatic rings. The molecule has 0 saturated heterocycles. The molecule has 1 N–H and O–H groups in total. The highest BCUT2D eigenvalue weighted by molar-refractivity contribution is 6.33. The molecule has 8 nitrogen and oxygen atoms in total. The van der Waals surface area contributed by atoms with Crippen LogP contribution in [0, 0.1) is 0 Å². The Bertz CT molecular complexity index is 946. The molecule has 9 heteroatoms. The summed E-state index contributed by atoms with van der Waals surface area (Å²) in [6.45, 7) is 2.92. The number of amides is 1. The van der Waals surface area contributed by atoms with E-state index >= 15 is 0 Å². The van der Waals surface area contributed by atoms with E-state index in [0.29, 0.717) is 27.9 Å². The summed E-state index contributed by atoms with van der Waals surface area (Å²) in [7, 11) is 0. The summed E-state index contributed by atoms with van der Waals surface area (Å²) < 4.78 is 15.6. The zero-order valence-electron chi connectivity index (χ0n) is 15.8. The topological polar surface area (TPSA) is 95.5 Å². The second-order valence-electron chi connectivity index (χ2n) is 6.12. The first-order valence-corrected chi connectivity index (χ1v) is 9.13. The number of ether oxygens (including phenoxy) is 3. The van der Waals surface area contributed by atoms with E-state index in [0.717, 1.165) is 5.56 Å². The van der Waals surface area contributed by atoms with E-state index in [1.807, 2.05) is 0 Å². The number of carbonyl (C=O) groups is 2. The predicted octanol–water partition coefficient (Wildman–Crippen LogP) is 3.38. The first-order chi connectivity index (χ1) is 13.9. The zero-order valence-corrected chi connectivity index (χ0v) is 16.6. The second-order valence-corrected chi connectivity index (χ2v) is 6.53. The van der Waals surface area contributed by atoms with Crippen LogP contribution in [0.1, 0.15) is 19.4 Å². The van der Waals surface area contributed by atoms with Crippen LogP contribution < -0.4 is 14.8 Å². The molecular weight excluding hydrogens is 400 g/mol. The third-order valence-corrected chi connectivity index (χ3v) is 4.31. The summed E-state index contributed by atoms with van der Waals surface area (Å²) >= 11 is 5.99. The lowest BCUT2D eigenvalue weighted by Crippen LogP contribution is -2.31. The lowest BCUT2D eigenvalue weighted by molar-refractivity contribution is -0.157. The van der Waals surface area contributed by atoms with Gasteiger partial charge in [0.15, 0.2) is 17.6 Å². The summed E-state index contributed by atoms with van der Waals surface area (Å²) in [5.74, 6) is 0.0467. The molecule has 1 amide bonds. The SMILES string of the molecule is C/C(=N\OCC(=O)OC(C)C(=O)Nc1ccccc1Cl)c1ccc2c(c1)OCO2. The summed E-state index contributed by atoms with van der Waals surface area (Å²) in [4.78, 5) is 29.0. The fourth-order valence-electron chi connectivity index (χ4n) is 2.44.